The summed E-state index contributed by atoms with van der Waals surface area (Å²) in [7, 11) is 0. The minimum atomic E-state index is -0.969. The fraction of sp³-hybridized carbons (Fsp3) is 0.871. The van der Waals surface area contributed by atoms with Crippen molar-refractivity contribution in [3.05, 3.63) is 38.1 Å². The maximum Gasteiger partial charge on any atom is 0 e. The van der Waals surface area contributed by atoms with Crippen molar-refractivity contribution in [1.82, 2.24) is 0 Å². The minimum Gasteiger partial charge on any atom is 0 e. The van der Waals surface area contributed by atoms with Gasteiger partial charge in [0.15, 0.2) is 0 Å². The van der Waals surface area contributed by atoms with Gasteiger partial charge < -0.3 is 29.5 Å². The smallest absolute Gasteiger partial charge is 0 e. The van der Waals surface area contributed by atoms with Gasteiger partial charge in [0, 0.05) is 54.3 Å². The number of carbonyl (C=O) groups is 3. The molecule has 8 fully saturated rings. The Morgan fingerprint density at radius 2 is 0.607 bits per heavy atom. The number of ether oxygens (including phenoxy) is 3. The van der Waals surface area contributed by atoms with Gasteiger partial charge in [0.05, 0.1) is 5.60 Å². The van der Waals surface area contributed by atoms with Crippen LogP contribution in [0.2, 0.25) is 0 Å². The first-order valence-electron chi connectivity index (χ1n) is 43.1. The molecular formula is C101H178O11. The number of esters is 3. The van der Waals surface area contributed by atoms with Gasteiger partial charge in [0.25, 0.3) is 0 Å². The molecule has 2 saturated heterocycles. The molecule has 648 valence electrons. The van der Waals surface area contributed by atoms with Crippen LogP contribution < -0.4 is 0 Å². The van der Waals surface area contributed by atoms with Crippen LogP contribution in [0.5, 0.6) is 0 Å². The fourth-order valence-corrected chi connectivity index (χ4v) is 26.1. The van der Waals surface area contributed by atoms with Gasteiger partial charge in [-0.25, -0.2) is 4.79 Å². The summed E-state index contributed by atoms with van der Waals surface area (Å²) in [5, 5.41) is 32.7. The first-order chi connectivity index (χ1) is 49.5. The summed E-state index contributed by atoms with van der Waals surface area (Å²) in [6.07, 6.45) is 31.6. The van der Waals surface area contributed by atoms with Crippen LogP contribution in [0.1, 0.15) is 396 Å². The quantitative estimate of drug-likeness (QED) is 0.0575. The van der Waals surface area contributed by atoms with Crippen LogP contribution in [0.3, 0.4) is 0 Å². The average Bonchev–Trinajstić information content (AvgIpc) is 1.55. The molecule has 6 aliphatic carbocycles. The molecule has 0 aromatic rings. The molecule has 9 rings (SSSR count). The molecule has 3 N–H and O–H groups in total. The summed E-state index contributed by atoms with van der Waals surface area (Å²) in [5.74, 6) is 8.33. The van der Waals surface area contributed by atoms with E-state index in [1.54, 1.807) is 12.2 Å². The van der Waals surface area contributed by atoms with Crippen molar-refractivity contribution in [3.63, 3.8) is 0 Å². The summed E-state index contributed by atoms with van der Waals surface area (Å²) in [6, 6.07) is 0. The molecule has 0 radical (unpaired) electrons. The zero-order valence-corrected chi connectivity index (χ0v) is 80.5. The van der Waals surface area contributed by atoms with Gasteiger partial charge in [-0.3, -0.25) is 9.59 Å². The second-order valence-electron chi connectivity index (χ2n) is 50.2. The van der Waals surface area contributed by atoms with Crippen LogP contribution in [0, 0.1) is 171 Å². The van der Waals surface area contributed by atoms with Gasteiger partial charge in [-0.15, -0.1) is 19.4 Å². The van der Waals surface area contributed by atoms with E-state index in [2.05, 4.69) is 323 Å². The summed E-state index contributed by atoms with van der Waals surface area (Å²) < 4.78 is 32.7. The van der Waals surface area contributed by atoms with Gasteiger partial charge in [0.1, 0.15) is 28.0 Å². The molecule has 11 nitrogen and oxygen atoms in total. The summed E-state index contributed by atoms with van der Waals surface area (Å²) in [5.41, 5.74) is -2.42. The molecule has 0 amide bonds. The molecule has 0 bridgehead atoms. The van der Waals surface area contributed by atoms with Gasteiger partial charge in [-0.1, -0.05) is 309 Å². The van der Waals surface area contributed by atoms with Gasteiger partial charge in [-0.2, -0.15) is 0 Å². The number of aliphatic hydroxyl groups is 3. The largest absolute Gasteiger partial charge is 0 e. The van der Waals surface area contributed by atoms with Crippen molar-refractivity contribution in [2.45, 2.75) is 427 Å². The van der Waals surface area contributed by atoms with E-state index in [1.807, 2.05) is 6.08 Å². The number of rotatable bonds is 1. The first-order valence-corrected chi connectivity index (χ1v) is 43.1. The van der Waals surface area contributed by atoms with E-state index in [4.69, 9.17) is 36.4 Å². The van der Waals surface area contributed by atoms with E-state index >= 15 is 0 Å². The predicted octanol–water partition coefficient (Wildman–Crippen LogP) is 26.0. The SMILES string of the molecule is C#C[C@]1(O)CCC(C(C)(C)C)[C@]1(C)C(C)(C)C.C#C[C@]1(O)CCC(C(C)(C)C)[C@]1(C)C(C)(C)C.C=C[C@]1(O)CCC(C(C)(C)C)[C@]1(C)C(C)(C)C.CC(C)(C)C1CC[C@@]2(C=CC(=O)O2)[C@@]1(C)C(C)(C)C.CC(C)(C)C1CC[C@@]2(CCC(=O)O2)[C@@]1(C)C(C)(C)C.CC(C)(C)C1CC[C@@]2(CCC(=O)O2)[C@@]1(C)C(C)(C)C.[C-]#[O+].[C-]#[O+].[HH].[HH]. The summed E-state index contributed by atoms with van der Waals surface area (Å²) in [6.45, 7) is 108. The molecule has 3 heterocycles. The van der Waals surface area contributed by atoms with Crippen LogP contribution in [0.4, 0.5) is 0 Å². The normalized spacial score (nSPS) is 38.1. The van der Waals surface area contributed by atoms with E-state index in [1.165, 1.54) is 12.8 Å². The Kier molecular flexibility index (Phi) is 30.9. The maximum absolute atomic E-state index is 11.8. The summed E-state index contributed by atoms with van der Waals surface area (Å²) >= 11 is 0. The summed E-state index contributed by atoms with van der Waals surface area (Å²) in [4.78, 5) is 35.2. The third-order valence-corrected chi connectivity index (χ3v) is 33.7. The number of carbonyl (C=O) groups excluding carboxylic acids is 3. The molecular weight excluding hydrogens is 1390 g/mol. The van der Waals surface area contributed by atoms with Gasteiger partial charge >= 0.3 is 40.5 Å². The van der Waals surface area contributed by atoms with E-state index in [-0.39, 0.29) is 129 Å². The van der Waals surface area contributed by atoms with Crippen molar-refractivity contribution >= 4 is 17.9 Å². The monoisotopic (exact) mass is 1570 g/mol. The fourth-order valence-electron chi connectivity index (χ4n) is 26.1. The van der Waals surface area contributed by atoms with Gasteiger partial charge in [0.2, 0.25) is 0 Å². The molecule has 6 saturated carbocycles. The van der Waals surface area contributed by atoms with Crippen LogP contribution >= 0.6 is 0 Å². The molecule has 3 aliphatic heterocycles. The third-order valence-electron chi connectivity index (χ3n) is 33.7. The van der Waals surface area contributed by atoms with Crippen molar-refractivity contribution in [2.75, 3.05) is 0 Å². The molecule has 18 atom stereocenters. The van der Waals surface area contributed by atoms with E-state index in [0.717, 1.165) is 77.0 Å². The number of hydrogen-bond donors (Lipinski definition) is 3. The molecule has 11 heteroatoms. The maximum atomic E-state index is 11.8. The van der Waals surface area contributed by atoms with Crippen molar-refractivity contribution in [1.29, 1.82) is 0 Å². The topological polar surface area (TPSA) is 179 Å². The standard InChI is InChI=1S/2C17H30O2.C17H28O2.C16H30O.2C16H28O.2CO.2H2/c3*1-14(2,3)12-8-10-17(11-9-13(18)19-17)16(12,7)15(4,5)6;3*1-9-16(17)11-10-12(13(2,3)4)15(16,8)14(5,6)7;2*1-2;;/h2*12H,8-11H2,1-7H3;9,11-12H,8,10H2,1-7H3;9,12,17H,1,10-11H2,2-8H3;2*1,12,17H,10-11H2,2-8H3;;;2*1H/t3*12?,16-,17-;3*12?,15-,16+;;;;/m111111..../s1. The Morgan fingerprint density at radius 3 is 0.821 bits per heavy atom. The molecule has 0 aromatic carbocycles. The zero-order chi connectivity index (χ0) is 89.2. The number of hydrogen-bond acceptors (Lipinski definition) is 9. The van der Waals surface area contributed by atoms with E-state index in [0.29, 0.717) is 48.3 Å². The van der Waals surface area contributed by atoms with Gasteiger partial charge in [-0.05, 0) is 196 Å². The molecule has 112 heavy (non-hydrogen) atoms. The first kappa shape index (κ1) is 104. The third kappa shape index (κ3) is 18.3. The zero-order valence-electron chi connectivity index (χ0n) is 80.5. The molecule has 3 spiro atoms. The second kappa shape index (κ2) is 33.2. The van der Waals surface area contributed by atoms with Crippen LogP contribution in [0.15, 0.2) is 24.8 Å². The Morgan fingerprint density at radius 1 is 0.375 bits per heavy atom. The Labute approximate surface area is 693 Å². The Hall–Kier alpha value is -3.63. The Balaban J connectivity index is 0.00000133. The number of terminal acetylenes is 2. The van der Waals surface area contributed by atoms with Crippen LogP contribution in [0.25, 0.3) is 0 Å². The molecule has 0 aromatic heterocycles. The Bertz CT molecular complexity index is 3270. The molecule has 9 aliphatic rings. The predicted molar refractivity (Wildman–Crippen MR) is 467 cm³/mol. The van der Waals surface area contributed by atoms with E-state index < -0.39 is 22.4 Å². The van der Waals surface area contributed by atoms with E-state index in [9.17, 15) is 29.7 Å². The van der Waals surface area contributed by atoms with Crippen LogP contribution in [-0.4, -0.2) is 66.8 Å². The minimum absolute atomic E-state index is 0. The van der Waals surface area contributed by atoms with Crippen molar-refractivity contribution in [2.24, 2.45) is 133 Å². The van der Waals surface area contributed by atoms with Crippen molar-refractivity contribution < 1.29 is 56.1 Å². The average molecular weight is 1570 g/mol. The second-order valence-corrected chi connectivity index (χ2v) is 50.2. The van der Waals surface area contributed by atoms with Crippen molar-refractivity contribution in [3.8, 4) is 24.7 Å². The molecule has 6 unspecified atom stereocenters. The van der Waals surface area contributed by atoms with Crippen LogP contribution in [-0.2, 0) is 37.9 Å².